The summed E-state index contributed by atoms with van der Waals surface area (Å²) in [6.07, 6.45) is 2.92. The number of β-amino-alcohol motifs (C(OH)–C–C–N with tert-alkyl or cyclic N) is 1. The number of anilines is 1. The number of carbonyl (C=O) groups excluding carboxylic acids is 1. The quantitative estimate of drug-likeness (QED) is 0.370. The Kier molecular flexibility index (Phi) is 6.39. The minimum Gasteiger partial charge on any atom is -0.478 e. The van der Waals surface area contributed by atoms with Crippen LogP contribution >= 0.6 is 24.0 Å². The van der Waals surface area contributed by atoms with Gasteiger partial charge in [-0.15, -0.1) is 0 Å². The number of hydrazone groups is 2. The summed E-state index contributed by atoms with van der Waals surface area (Å²) >= 11 is 6.40. The summed E-state index contributed by atoms with van der Waals surface area (Å²) in [5, 5.41) is 31.6. The van der Waals surface area contributed by atoms with Crippen LogP contribution in [0, 0.1) is 13.8 Å². The molecule has 1 atom stereocenters. The van der Waals surface area contributed by atoms with Crippen molar-refractivity contribution >= 4 is 63.9 Å². The third-order valence-corrected chi connectivity index (χ3v) is 6.98. The van der Waals surface area contributed by atoms with Crippen LogP contribution in [-0.4, -0.2) is 55.5 Å². The number of aliphatic hydroxyl groups is 1. The summed E-state index contributed by atoms with van der Waals surface area (Å²) in [4.78, 5) is 24.2. The summed E-state index contributed by atoms with van der Waals surface area (Å²) in [6.45, 7) is 5.91. The molecule has 2 N–H and O–H groups in total. The summed E-state index contributed by atoms with van der Waals surface area (Å²) in [5.41, 5.74) is 2.96. The number of carboxylic acids is 1. The molecule has 0 radical (unpaired) electrons. The van der Waals surface area contributed by atoms with Crippen LogP contribution in [0.2, 0.25) is 0 Å². The van der Waals surface area contributed by atoms with E-state index in [4.69, 9.17) is 17.3 Å². The zero-order valence-corrected chi connectivity index (χ0v) is 20.4. The highest BCUT2D eigenvalue weighted by atomic mass is 32.2. The average molecular weight is 495 g/mol. The molecule has 0 spiro atoms. The molecule has 2 aromatic carbocycles. The maximum Gasteiger partial charge on any atom is 0.335 e. The Labute approximate surface area is 206 Å². The van der Waals surface area contributed by atoms with Gasteiger partial charge in [0.25, 0.3) is 5.91 Å². The number of carbonyl (C=O) groups is 2. The molecule has 1 amide bonds. The number of aromatic carboxylic acids is 1. The number of benzene rings is 2. The van der Waals surface area contributed by atoms with Crippen LogP contribution in [0.3, 0.4) is 0 Å². The molecular weight excluding hydrogens is 472 g/mol. The molecule has 2 aliphatic rings. The first-order valence-corrected chi connectivity index (χ1v) is 11.6. The lowest BCUT2D eigenvalue weighted by Gasteiger charge is -2.21. The third-order valence-electron chi connectivity index (χ3n) is 5.69. The molecule has 0 saturated carbocycles. The van der Waals surface area contributed by atoms with Gasteiger partial charge in [0, 0.05) is 0 Å². The molecule has 1 saturated heterocycles. The minimum absolute atomic E-state index is 0.158. The highest BCUT2D eigenvalue weighted by Crippen LogP contribution is 2.33. The fourth-order valence-corrected chi connectivity index (χ4v) is 4.57. The van der Waals surface area contributed by atoms with E-state index in [0.717, 1.165) is 28.0 Å². The number of carboxylic acid groups (broad SMARTS) is 1. The van der Waals surface area contributed by atoms with Crippen molar-refractivity contribution in [1.82, 2.24) is 5.01 Å². The number of hydrogen-bond acceptors (Lipinski definition) is 8. The standard InChI is InChI=1S/C24H22N4O4S2/c1-14-4-9-19(10-15(14)2)27-13-24(32,16(3)26-27)12-25-28-21(29)20(34-23(28)33)11-17-5-7-18(8-6-17)22(30)31/h4-12,32H,13H2,1-3H3,(H,30,31). The Balaban J connectivity index is 1.50. The van der Waals surface area contributed by atoms with E-state index in [0.29, 0.717) is 16.2 Å². The molecule has 0 bridgehead atoms. The molecule has 1 fully saturated rings. The maximum absolute atomic E-state index is 12.9. The molecule has 0 aliphatic carbocycles. The largest absolute Gasteiger partial charge is 0.478 e. The average Bonchev–Trinajstić information content (AvgIpc) is 3.24. The molecule has 34 heavy (non-hydrogen) atoms. The molecular formula is C24H22N4O4S2. The van der Waals surface area contributed by atoms with Crippen molar-refractivity contribution in [3.63, 3.8) is 0 Å². The van der Waals surface area contributed by atoms with Gasteiger partial charge in [0.2, 0.25) is 0 Å². The second-order valence-electron chi connectivity index (χ2n) is 8.10. The number of rotatable bonds is 5. The van der Waals surface area contributed by atoms with Crippen LogP contribution in [0.25, 0.3) is 6.08 Å². The van der Waals surface area contributed by atoms with Gasteiger partial charge in [-0.3, -0.25) is 9.80 Å². The van der Waals surface area contributed by atoms with E-state index >= 15 is 0 Å². The Morgan fingerprint density at radius 2 is 1.88 bits per heavy atom. The second kappa shape index (κ2) is 9.13. The maximum atomic E-state index is 12.9. The fourth-order valence-electron chi connectivity index (χ4n) is 3.40. The lowest BCUT2D eigenvalue weighted by atomic mass is 10.0. The lowest BCUT2D eigenvalue weighted by molar-refractivity contribution is -0.122. The first kappa shape index (κ1) is 23.8. The van der Waals surface area contributed by atoms with E-state index in [-0.39, 0.29) is 16.4 Å². The highest BCUT2D eigenvalue weighted by molar-refractivity contribution is 8.26. The van der Waals surface area contributed by atoms with E-state index in [2.05, 4.69) is 10.2 Å². The van der Waals surface area contributed by atoms with Crippen molar-refractivity contribution < 1.29 is 19.8 Å². The van der Waals surface area contributed by atoms with Gasteiger partial charge in [0.05, 0.1) is 34.6 Å². The van der Waals surface area contributed by atoms with Gasteiger partial charge < -0.3 is 10.2 Å². The van der Waals surface area contributed by atoms with E-state index < -0.39 is 17.5 Å². The van der Waals surface area contributed by atoms with Gasteiger partial charge in [-0.25, -0.2) is 4.79 Å². The first-order valence-electron chi connectivity index (χ1n) is 10.4. The summed E-state index contributed by atoms with van der Waals surface area (Å²) in [5.74, 6) is -1.44. The normalized spacial score (nSPS) is 21.8. The number of aryl methyl sites for hydroxylation is 2. The van der Waals surface area contributed by atoms with E-state index in [1.807, 2.05) is 32.0 Å². The first-order chi connectivity index (χ1) is 16.1. The van der Waals surface area contributed by atoms with Gasteiger partial charge in [-0.05, 0) is 80.0 Å². The molecule has 2 aromatic rings. The van der Waals surface area contributed by atoms with Crippen LogP contribution < -0.4 is 5.01 Å². The monoisotopic (exact) mass is 494 g/mol. The Morgan fingerprint density at radius 3 is 2.53 bits per heavy atom. The minimum atomic E-state index is -1.46. The van der Waals surface area contributed by atoms with Crippen molar-refractivity contribution in [2.45, 2.75) is 26.4 Å². The van der Waals surface area contributed by atoms with Crippen molar-refractivity contribution in [1.29, 1.82) is 0 Å². The zero-order chi connectivity index (χ0) is 24.6. The van der Waals surface area contributed by atoms with Crippen LogP contribution in [-0.2, 0) is 4.79 Å². The Bertz CT molecular complexity index is 1290. The SMILES string of the molecule is CC1=NN(c2ccc(C)c(C)c2)CC1(O)C=NN1C(=O)C(=Cc2ccc(C(=O)O)cc2)SC1=S. The fraction of sp³-hybridized carbons (Fsp3) is 0.208. The van der Waals surface area contributed by atoms with E-state index in [1.165, 1.54) is 23.9 Å². The van der Waals surface area contributed by atoms with E-state index in [9.17, 15) is 14.7 Å². The topological polar surface area (TPSA) is 106 Å². The van der Waals surface area contributed by atoms with Gasteiger partial charge in [0.1, 0.15) is 0 Å². The molecule has 174 valence electrons. The Hall–Kier alpha value is -3.34. The number of hydrogen-bond donors (Lipinski definition) is 2. The van der Waals surface area contributed by atoms with Crippen molar-refractivity contribution in [2.75, 3.05) is 11.6 Å². The van der Waals surface area contributed by atoms with Crippen molar-refractivity contribution in [3.05, 3.63) is 69.6 Å². The number of nitrogens with zero attached hydrogens (tertiary/aromatic N) is 4. The summed E-state index contributed by atoms with van der Waals surface area (Å²) in [6, 6.07) is 12.1. The van der Waals surface area contributed by atoms with Crippen LogP contribution in [0.5, 0.6) is 0 Å². The molecule has 10 heteroatoms. The highest BCUT2D eigenvalue weighted by Gasteiger charge is 2.39. The lowest BCUT2D eigenvalue weighted by Crippen LogP contribution is -2.43. The smallest absolute Gasteiger partial charge is 0.335 e. The van der Waals surface area contributed by atoms with Gasteiger partial charge in [-0.1, -0.05) is 30.0 Å². The van der Waals surface area contributed by atoms with Crippen LogP contribution in [0.15, 0.2) is 57.6 Å². The predicted octanol–water partition coefficient (Wildman–Crippen LogP) is 3.82. The zero-order valence-electron chi connectivity index (χ0n) is 18.7. The predicted molar refractivity (Wildman–Crippen MR) is 138 cm³/mol. The van der Waals surface area contributed by atoms with Crippen LogP contribution in [0.1, 0.15) is 34.0 Å². The summed E-state index contributed by atoms with van der Waals surface area (Å²) < 4.78 is 0.233. The molecule has 4 rings (SSSR count). The Morgan fingerprint density at radius 1 is 1.18 bits per heavy atom. The van der Waals surface area contributed by atoms with E-state index in [1.54, 1.807) is 30.1 Å². The molecule has 2 heterocycles. The van der Waals surface area contributed by atoms with Crippen molar-refractivity contribution in [3.8, 4) is 0 Å². The van der Waals surface area contributed by atoms with Crippen LogP contribution in [0.4, 0.5) is 5.69 Å². The molecule has 0 aromatic heterocycles. The van der Waals surface area contributed by atoms with Gasteiger partial charge in [0.15, 0.2) is 9.92 Å². The van der Waals surface area contributed by atoms with Gasteiger partial charge in [-0.2, -0.15) is 15.2 Å². The number of thiocarbonyl (C=S) groups is 1. The number of thioether (sulfide) groups is 1. The number of amides is 1. The van der Waals surface area contributed by atoms with Crippen molar-refractivity contribution in [2.24, 2.45) is 10.2 Å². The molecule has 1 unspecified atom stereocenters. The molecule has 8 nitrogen and oxygen atoms in total. The summed E-state index contributed by atoms with van der Waals surface area (Å²) in [7, 11) is 0. The van der Waals surface area contributed by atoms with Gasteiger partial charge >= 0.3 is 5.97 Å². The third kappa shape index (κ3) is 4.65. The second-order valence-corrected chi connectivity index (χ2v) is 9.78. The molecule has 2 aliphatic heterocycles.